The standard InChI is InChI=1S/C16H18N2O3/c19-16(14-7-2-1-3-8-14)12-17-11-10-13-6-4-5-9-15(13)18(20)21/h1-9,16-17,19H,10-12H2. The second-order valence-electron chi connectivity index (χ2n) is 4.77. The topological polar surface area (TPSA) is 75.4 Å². The van der Waals surface area contributed by atoms with E-state index in [9.17, 15) is 15.2 Å². The number of aliphatic hydroxyl groups excluding tert-OH is 1. The Morgan fingerprint density at radius 2 is 1.76 bits per heavy atom. The van der Waals surface area contributed by atoms with Crippen molar-refractivity contribution in [2.75, 3.05) is 13.1 Å². The molecule has 1 atom stereocenters. The number of nitrogens with one attached hydrogen (secondary N) is 1. The molecule has 1 unspecified atom stereocenters. The van der Waals surface area contributed by atoms with Crippen LogP contribution in [-0.2, 0) is 6.42 Å². The summed E-state index contributed by atoms with van der Waals surface area (Å²) in [7, 11) is 0. The van der Waals surface area contributed by atoms with Gasteiger partial charge in [0.1, 0.15) is 0 Å². The highest BCUT2D eigenvalue weighted by Crippen LogP contribution is 2.17. The molecule has 5 heteroatoms. The minimum Gasteiger partial charge on any atom is -0.387 e. The van der Waals surface area contributed by atoms with Gasteiger partial charge in [0.2, 0.25) is 0 Å². The number of nitro benzene ring substituents is 1. The van der Waals surface area contributed by atoms with Crippen molar-refractivity contribution in [3.63, 3.8) is 0 Å². The molecular weight excluding hydrogens is 268 g/mol. The van der Waals surface area contributed by atoms with E-state index in [4.69, 9.17) is 0 Å². The number of nitro groups is 1. The monoisotopic (exact) mass is 286 g/mol. The number of para-hydroxylation sites is 1. The first-order chi connectivity index (χ1) is 10.2. The zero-order valence-electron chi connectivity index (χ0n) is 11.6. The molecule has 5 nitrogen and oxygen atoms in total. The molecule has 110 valence electrons. The molecule has 0 radical (unpaired) electrons. The van der Waals surface area contributed by atoms with Crippen LogP contribution in [-0.4, -0.2) is 23.1 Å². The first-order valence-electron chi connectivity index (χ1n) is 6.84. The smallest absolute Gasteiger partial charge is 0.272 e. The molecule has 2 rings (SSSR count). The first-order valence-corrected chi connectivity index (χ1v) is 6.84. The number of rotatable bonds is 7. The van der Waals surface area contributed by atoms with Crippen LogP contribution < -0.4 is 5.32 Å². The number of nitrogens with zero attached hydrogens (tertiary/aromatic N) is 1. The lowest BCUT2D eigenvalue weighted by atomic mass is 10.1. The van der Waals surface area contributed by atoms with Gasteiger partial charge in [-0.15, -0.1) is 0 Å². The van der Waals surface area contributed by atoms with Crippen molar-refractivity contribution in [3.05, 3.63) is 75.8 Å². The van der Waals surface area contributed by atoms with E-state index in [0.717, 1.165) is 5.56 Å². The summed E-state index contributed by atoms with van der Waals surface area (Å²) < 4.78 is 0. The van der Waals surface area contributed by atoms with Crippen LogP contribution in [0.5, 0.6) is 0 Å². The summed E-state index contributed by atoms with van der Waals surface area (Å²) in [4.78, 5) is 10.5. The van der Waals surface area contributed by atoms with E-state index in [1.54, 1.807) is 18.2 Å². The predicted molar refractivity (Wildman–Crippen MR) is 81.1 cm³/mol. The summed E-state index contributed by atoms with van der Waals surface area (Å²) in [5.41, 5.74) is 1.70. The highest BCUT2D eigenvalue weighted by molar-refractivity contribution is 5.39. The molecule has 0 bridgehead atoms. The van der Waals surface area contributed by atoms with Crippen LogP contribution in [0, 0.1) is 10.1 Å². The molecule has 21 heavy (non-hydrogen) atoms. The van der Waals surface area contributed by atoms with Gasteiger partial charge < -0.3 is 10.4 Å². The number of hydrogen-bond donors (Lipinski definition) is 2. The Balaban J connectivity index is 1.81. The normalized spacial score (nSPS) is 12.0. The zero-order chi connectivity index (χ0) is 15.1. The molecule has 0 fully saturated rings. The van der Waals surface area contributed by atoms with Crippen molar-refractivity contribution in [2.45, 2.75) is 12.5 Å². The Hall–Kier alpha value is -2.24. The van der Waals surface area contributed by atoms with Gasteiger partial charge >= 0.3 is 0 Å². The average molecular weight is 286 g/mol. The van der Waals surface area contributed by atoms with Gasteiger partial charge in [-0.3, -0.25) is 10.1 Å². The van der Waals surface area contributed by atoms with Crippen LogP contribution in [0.1, 0.15) is 17.2 Å². The Bertz CT molecular complexity index is 587. The van der Waals surface area contributed by atoms with Gasteiger partial charge in [0.05, 0.1) is 11.0 Å². The Kier molecular flexibility index (Phi) is 5.43. The third-order valence-corrected chi connectivity index (χ3v) is 3.28. The van der Waals surface area contributed by atoms with Crippen LogP contribution in [0.3, 0.4) is 0 Å². The molecule has 2 N–H and O–H groups in total. The van der Waals surface area contributed by atoms with Crippen LogP contribution >= 0.6 is 0 Å². The van der Waals surface area contributed by atoms with Crippen LogP contribution in [0.15, 0.2) is 54.6 Å². The molecule has 0 aliphatic rings. The Morgan fingerprint density at radius 1 is 1.10 bits per heavy atom. The predicted octanol–water partition coefficient (Wildman–Crippen LogP) is 2.46. The largest absolute Gasteiger partial charge is 0.387 e. The van der Waals surface area contributed by atoms with Gasteiger partial charge in [-0.1, -0.05) is 48.5 Å². The van der Waals surface area contributed by atoms with E-state index in [1.807, 2.05) is 30.3 Å². The van der Waals surface area contributed by atoms with E-state index in [1.165, 1.54) is 6.07 Å². The maximum atomic E-state index is 10.9. The van der Waals surface area contributed by atoms with E-state index in [2.05, 4.69) is 5.32 Å². The molecule has 0 amide bonds. The molecule has 0 aliphatic heterocycles. The zero-order valence-corrected chi connectivity index (χ0v) is 11.6. The maximum absolute atomic E-state index is 10.9. The summed E-state index contributed by atoms with van der Waals surface area (Å²) >= 11 is 0. The molecule has 0 aliphatic carbocycles. The Morgan fingerprint density at radius 3 is 2.48 bits per heavy atom. The second kappa shape index (κ2) is 7.52. The minimum absolute atomic E-state index is 0.142. The van der Waals surface area contributed by atoms with Gasteiger partial charge in [0.25, 0.3) is 5.69 Å². The molecule has 2 aromatic carbocycles. The van der Waals surface area contributed by atoms with E-state index in [0.29, 0.717) is 25.1 Å². The SMILES string of the molecule is O=[N+]([O-])c1ccccc1CCNCC(O)c1ccccc1. The lowest BCUT2D eigenvalue weighted by Crippen LogP contribution is -2.23. The lowest BCUT2D eigenvalue weighted by molar-refractivity contribution is -0.385. The van der Waals surface area contributed by atoms with Crippen molar-refractivity contribution in [3.8, 4) is 0 Å². The minimum atomic E-state index is -0.572. The maximum Gasteiger partial charge on any atom is 0.272 e. The van der Waals surface area contributed by atoms with E-state index >= 15 is 0 Å². The Labute approximate surface area is 123 Å². The van der Waals surface area contributed by atoms with E-state index in [-0.39, 0.29) is 10.6 Å². The molecular formula is C16H18N2O3. The average Bonchev–Trinajstić information content (AvgIpc) is 2.52. The fraction of sp³-hybridized carbons (Fsp3) is 0.250. The van der Waals surface area contributed by atoms with Gasteiger partial charge in [-0.25, -0.2) is 0 Å². The van der Waals surface area contributed by atoms with Gasteiger partial charge in [-0.2, -0.15) is 0 Å². The van der Waals surface area contributed by atoms with Crippen molar-refractivity contribution >= 4 is 5.69 Å². The molecule has 0 saturated carbocycles. The summed E-state index contributed by atoms with van der Waals surface area (Å²) in [6, 6.07) is 16.1. The highest BCUT2D eigenvalue weighted by Gasteiger charge is 2.12. The fourth-order valence-electron chi connectivity index (χ4n) is 2.16. The van der Waals surface area contributed by atoms with Gasteiger partial charge in [0.15, 0.2) is 0 Å². The van der Waals surface area contributed by atoms with Crippen molar-refractivity contribution in [1.82, 2.24) is 5.32 Å². The molecule has 0 aromatic heterocycles. The highest BCUT2D eigenvalue weighted by atomic mass is 16.6. The van der Waals surface area contributed by atoms with Crippen LogP contribution in [0.2, 0.25) is 0 Å². The molecule has 0 heterocycles. The molecule has 2 aromatic rings. The summed E-state index contributed by atoms with van der Waals surface area (Å²) in [5.74, 6) is 0. The first kappa shape index (κ1) is 15.2. The quantitative estimate of drug-likeness (QED) is 0.466. The third-order valence-electron chi connectivity index (χ3n) is 3.28. The van der Waals surface area contributed by atoms with Crippen LogP contribution in [0.4, 0.5) is 5.69 Å². The molecule has 0 spiro atoms. The van der Waals surface area contributed by atoms with Gasteiger partial charge in [-0.05, 0) is 18.5 Å². The second-order valence-corrected chi connectivity index (χ2v) is 4.77. The fourth-order valence-corrected chi connectivity index (χ4v) is 2.16. The number of benzene rings is 2. The van der Waals surface area contributed by atoms with Gasteiger partial charge in [0, 0.05) is 18.2 Å². The molecule has 0 saturated heterocycles. The number of hydrogen-bond acceptors (Lipinski definition) is 4. The van der Waals surface area contributed by atoms with Crippen LogP contribution in [0.25, 0.3) is 0 Å². The summed E-state index contributed by atoms with van der Waals surface area (Å²) in [6.45, 7) is 0.999. The van der Waals surface area contributed by atoms with E-state index < -0.39 is 6.10 Å². The summed E-state index contributed by atoms with van der Waals surface area (Å²) in [5, 5.41) is 24.0. The summed E-state index contributed by atoms with van der Waals surface area (Å²) in [6.07, 6.45) is -0.0180. The third kappa shape index (κ3) is 4.37. The van der Waals surface area contributed by atoms with Crippen molar-refractivity contribution in [1.29, 1.82) is 0 Å². The number of aliphatic hydroxyl groups is 1. The van der Waals surface area contributed by atoms with Crippen molar-refractivity contribution in [2.24, 2.45) is 0 Å². The van der Waals surface area contributed by atoms with Crippen molar-refractivity contribution < 1.29 is 10.0 Å². The lowest BCUT2D eigenvalue weighted by Gasteiger charge is -2.12.